The van der Waals surface area contributed by atoms with E-state index in [9.17, 15) is 4.79 Å². The number of nitrogens with one attached hydrogen (secondary N) is 2. The minimum atomic E-state index is -0.0351. The van der Waals surface area contributed by atoms with E-state index in [1.807, 2.05) is 72.2 Å². The normalized spacial score (nSPS) is 10.7. The van der Waals surface area contributed by atoms with Crippen LogP contribution in [0.1, 0.15) is 24.9 Å². The lowest BCUT2D eigenvalue weighted by atomic mass is 10.3. The number of para-hydroxylation sites is 1. The minimum absolute atomic E-state index is 0.0351. The second-order valence-corrected chi connectivity index (χ2v) is 8.40. The summed E-state index contributed by atoms with van der Waals surface area (Å²) < 4.78 is 12.8. The summed E-state index contributed by atoms with van der Waals surface area (Å²) in [4.78, 5) is 12.2. The fourth-order valence-electron chi connectivity index (χ4n) is 3.28. The van der Waals surface area contributed by atoms with Crippen molar-refractivity contribution in [3.8, 4) is 11.4 Å². The molecule has 1 amide bonds. The Morgan fingerprint density at radius 3 is 2.59 bits per heavy atom. The first-order valence-corrected chi connectivity index (χ1v) is 12.1. The third-order valence-electron chi connectivity index (χ3n) is 4.93. The van der Waals surface area contributed by atoms with Crippen molar-refractivity contribution in [3.63, 3.8) is 0 Å². The Kier molecular flexibility index (Phi) is 8.23. The lowest BCUT2D eigenvalue weighted by Gasteiger charge is -2.12. The maximum absolute atomic E-state index is 12.2. The number of hydrogen-bond acceptors (Lipinski definition) is 7. The van der Waals surface area contributed by atoms with Crippen molar-refractivity contribution in [1.29, 1.82) is 0 Å². The maximum Gasteiger partial charge on any atom is 0.221 e. The quantitative estimate of drug-likeness (QED) is 0.286. The number of thioether (sulfide) groups is 1. The van der Waals surface area contributed by atoms with E-state index in [-0.39, 0.29) is 5.91 Å². The molecular weight excluding hydrogens is 450 g/mol. The van der Waals surface area contributed by atoms with E-state index in [1.54, 1.807) is 12.3 Å². The van der Waals surface area contributed by atoms with Crippen LogP contribution in [0.4, 0.5) is 5.69 Å². The van der Waals surface area contributed by atoms with Crippen molar-refractivity contribution in [2.45, 2.75) is 31.6 Å². The van der Waals surface area contributed by atoms with Crippen LogP contribution in [0.2, 0.25) is 0 Å². The Bertz CT molecular complexity index is 1160. The van der Waals surface area contributed by atoms with Gasteiger partial charge in [0, 0.05) is 23.5 Å². The number of ether oxygens (including phenoxy) is 1. The van der Waals surface area contributed by atoms with Gasteiger partial charge in [-0.25, -0.2) is 0 Å². The number of hydrogen-bond donors (Lipinski definition) is 2. The molecule has 0 aliphatic heterocycles. The molecule has 9 heteroatoms. The first kappa shape index (κ1) is 23.4. The number of aromatic nitrogens is 3. The third kappa shape index (κ3) is 6.41. The second-order valence-electron chi connectivity index (χ2n) is 7.34. The molecule has 0 bridgehead atoms. The number of furan rings is 1. The lowest BCUT2D eigenvalue weighted by molar-refractivity contribution is -0.120. The average molecular weight is 478 g/mol. The zero-order valence-electron chi connectivity index (χ0n) is 18.9. The number of nitrogens with zero attached hydrogens (tertiary/aromatic N) is 3. The fraction of sp³-hybridized carbons (Fsp3) is 0.240. The molecule has 0 radical (unpaired) electrons. The number of amides is 1. The standard InChI is InChI=1S/C25H27N5O3S/c1-2-32-21-12-10-19(11-13-21)26-18-23-28-29-25(30(23)20-7-4-3-5-8-20)34-16-14-24(31)27-17-22-9-6-15-33-22/h3-13,15,26H,2,14,16-18H2,1H3,(H,27,31). The van der Waals surface area contributed by atoms with Crippen molar-refractivity contribution in [3.05, 3.63) is 84.6 Å². The van der Waals surface area contributed by atoms with Gasteiger partial charge in [-0.05, 0) is 55.5 Å². The van der Waals surface area contributed by atoms with Gasteiger partial charge in [-0.15, -0.1) is 10.2 Å². The molecule has 0 spiro atoms. The average Bonchev–Trinajstić information content (AvgIpc) is 3.53. The van der Waals surface area contributed by atoms with Crippen LogP contribution in [0, 0.1) is 0 Å². The van der Waals surface area contributed by atoms with E-state index in [0.29, 0.717) is 31.9 Å². The van der Waals surface area contributed by atoms with E-state index in [1.165, 1.54) is 11.8 Å². The molecule has 0 fully saturated rings. The molecule has 2 aromatic carbocycles. The molecule has 34 heavy (non-hydrogen) atoms. The molecular formula is C25H27N5O3S. The summed E-state index contributed by atoms with van der Waals surface area (Å²) in [7, 11) is 0. The summed E-state index contributed by atoms with van der Waals surface area (Å²) >= 11 is 1.50. The topological polar surface area (TPSA) is 94.2 Å². The van der Waals surface area contributed by atoms with Gasteiger partial charge in [0.2, 0.25) is 5.91 Å². The molecule has 0 aliphatic carbocycles. The highest BCUT2D eigenvalue weighted by atomic mass is 32.2. The fourth-order valence-corrected chi connectivity index (χ4v) is 4.19. The van der Waals surface area contributed by atoms with Crippen LogP contribution in [0.15, 0.2) is 82.6 Å². The van der Waals surface area contributed by atoms with Gasteiger partial charge in [-0.3, -0.25) is 9.36 Å². The Balaban J connectivity index is 1.38. The minimum Gasteiger partial charge on any atom is -0.494 e. The molecule has 0 saturated heterocycles. The van der Waals surface area contributed by atoms with Gasteiger partial charge in [0.15, 0.2) is 11.0 Å². The third-order valence-corrected chi connectivity index (χ3v) is 5.86. The van der Waals surface area contributed by atoms with Crippen LogP contribution in [-0.2, 0) is 17.9 Å². The molecule has 8 nitrogen and oxygen atoms in total. The second kappa shape index (κ2) is 11.9. The molecule has 176 valence electrons. The van der Waals surface area contributed by atoms with Crippen LogP contribution in [0.25, 0.3) is 5.69 Å². The SMILES string of the molecule is CCOc1ccc(NCc2nnc(SCCC(=O)NCc3ccco3)n2-c2ccccc2)cc1. The van der Waals surface area contributed by atoms with E-state index < -0.39 is 0 Å². The Morgan fingerprint density at radius 2 is 1.85 bits per heavy atom. The molecule has 2 heterocycles. The molecule has 2 N–H and O–H groups in total. The predicted octanol–water partition coefficient (Wildman–Crippen LogP) is 4.67. The van der Waals surface area contributed by atoms with Crippen molar-refractivity contribution in [2.75, 3.05) is 17.7 Å². The largest absolute Gasteiger partial charge is 0.494 e. The molecule has 4 aromatic rings. The van der Waals surface area contributed by atoms with Crippen LogP contribution in [0.3, 0.4) is 0 Å². The van der Waals surface area contributed by atoms with Crippen LogP contribution < -0.4 is 15.4 Å². The maximum atomic E-state index is 12.2. The van der Waals surface area contributed by atoms with Gasteiger partial charge >= 0.3 is 0 Å². The first-order chi connectivity index (χ1) is 16.7. The highest BCUT2D eigenvalue weighted by Crippen LogP contribution is 2.24. The summed E-state index contributed by atoms with van der Waals surface area (Å²) in [5.74, 6) is 2.90. The van der Waals surface area contributed by atoms with E-state index in [2.05, 4.69) is 20.8 Å². The number of carbonyl (C=O) groups excluding carboxylic acids is 1. The molecule has 0 aliphatic rings. The van der Waals surface area contributed by atoms with E-state index >= 15 is 0 Å². The monoisotopic (exact) mass is 477 g/mol. The summed E-state index contributed by atoms with van der Waals surface area (Å²) in [6.45, 7) is 3.49. The molecule has 0 unspecified atom stereocenters. The Labute approximate surface area is 202 Å². The predicted molar refractivity (Wildman–Crippen MR) is 132 cm³/mol. The van der Waals surface area contributed by atoms with Crippen molar-refractivity contribution < 1.29 is 13.9 Å². The van der Waals surface area contributed by atoms with Crippen molar-refractivity contribution >= 4 is 23.4 Å². The van der Waals surface area contributed by atoms with Gasteiger partial charge in [-0.2, -0.15) is 0 Å². The molecule has 0 saturated carbocycles. The number of anilines is 1. The zero-order chi connectivity index (χ0) is 23.6. The van der Waals surface area contributed by atoms with Crippen LogP contribution in [0.5, 0.6) is 5.75 Å². The summed E-state index contributed by atoms with van der Waals surface area (Å²) in [6.07, 6.45) is 1.96. The highest BCUT2D eigenvalue weighted by molar-refractivity contribution is 7.99. The Morgan fingerprint density at radius 1 is 1.03 bits per heavy atom. The lowest BCUT2D eigenvalue weighted by Crippen LogP contribution is -2.22. The van der Waals surface area contributed by atoms with Gasteiger partial charge < -0.3 is 19.8 Å². The van der Waals surface area contributed by atoms with E-state index in [4.69, 9.17) is 9.15 Å². The number of rotatable bonds is 12. The highest BCUT2D eigenvalue weighted by Gasteiger charge is 2.15. The van der Waals surface area contributed by atoms with Gasteiger partial charge in [0.1, 0.15) is 11.5 Å². The Hall–Kier alpha value is -3.72. The summed E-state index contributed by atoms with van der Waals surface area (Å²) in [6, 6.07) is 21.4. The number of benzene rings is 2. The molecule has 2 aromatic heterocycles. The zero-order valence-corrected chi connectivity index (χ0v) is 19.8. The van der Waals surface area contributed by atoms with Gasteiger partial charge in [-0.1, -0.05) is 30.0 Å². The molecule has 4 rings (SSSR count). The smallest absolute Gasteiger partial charge is 0.221 e. The van der Waals surface area contributed by atoms with Crippen LogP contribution in [-0.4, -0.2) is 33.0 Å². The molecule has 0 atom stereocenters. The summed E-state index contributed by atoms with van der Waals surface area (Å²) in [5.41, 5.74) is 1.94. The van der Waals surface area contributed by atoms with Crippen molar-refractivity contribution in [2.24, 2.45) is 0 Å². The van der Waals surface area contributed by atoms with E-state index in [0.717, 1.165) is 33.9 Å². The van der Waals surface area contributed by atoms with Gasteiger partial charge in [0.05, 0.1) is 26.0 Å². The number of carbonyl (C=O) groups is 1. The van der Waals surface area contributed by atoms with Gasteiger partial charge in [0.25, 0.3) is 0 Å². The summed E-state index contributed by atoms with van der Waals surface area (Å²) in [5, 5.41) is 15.8. The van der Waals surface area contributed by atoms with Crippen LogP contribution >= 0.6 is 11.8 Å². The first-order valence-electron chi connectivity index (χ1n) is 11.1. The van der Waals surface area contributed by atoms with Crippen molar-refractivity contribution in [1.82, 2.24) is 20.1 Å².